The summed E-state index contributed by atoms with van der Waals surface area (Å²) in [6, 6.07) is 7.16. The Balaban J connectivity index is 2.18. The molecule has 1 heterocycles. The summed E-state index contributed by atoms with van der Waals surface area (Å²) in [6.45, 7) is 8.17. The van der Waals surface area contributed by atoms with Crippen LogP contribution in [0.3, 0.4) is 0 Å². The van der Waals surface area contributed by atoms with E-state index in [1.165, 1.54) is 0 Å². The third kappa shape index (κ3) is 3.02. The second kappa shape index (κ2) is 4.70. The molecular weight excluding hydrogens is 262 g/mol. The molecule has 19 heavy (non-hydrogen) atoms. The lowest BCUT2D eigenvalue weighted by Gasteiger charge is -2.27. The highest BCUT2D eigenvalue weighted by Crippen LogP contribution is 2.39. The topological polar surface area (TPSA) is 42.2 Å². The van der Waals surface area contributed by atoms with Crippen molar-refractivity contribution in [3.63, 3.8) is 0 Å². The minimum Gasteiger partial charge on any atom is -0.487 e. The molecule has 0 bridgehead atoms. The highest BCUT2D eigenvalue weighted by molar-refractivity contribution is 6.31. The van der Waals surface area contributed by atoms with E-state index in [2.05, 4.69) is 13.8 Å². The second-order valence-electron chi connectivity index (χ2n) is 6.03. The Morgan fingerprint density at radius 2 is 2.05 bits per heavy atom. The number of hydrogen-bond donors (Lipinski definition) is 0. The van der Waals surface area contributed by atoms with Crippen LogP contribution in [-0.4, -0.2) is 17.3 Å². The summed E-state index contributed by atoms with van der Waals surface area (Å²) in [5.74, 6) is 0.670. The molecule has 1 unspecified atom stereocenters. The molecule has 0 spiro atoms. The summed E-state index contributed by atoms with van der Waals surface area (Å²) in [7, 11) is 0. The zero-order chi connectivity index (χ0) is 14.3. The van der Waals surface area contributed by atoms with Crippen molar-refractivity contribution in [3.8, 4) is 11.8 Å². The Labute approximate surface area is 119 Å². The Morgan fingerprint density at radius 1 is 1.37 bits per heavy atom. The number of rotatable bonds is 2. The molecule has 1 aliphatic heterocycles. The molecule has 1 aliphatic rings. The molecule has 0 aromatic heterocycles. The van der Waals surface area contributed by atoms with Gasteiger partial charge in [0.05, 0.1) is 16.2 Å². The standard InChI is InChI=1S/C15H18ClNO2/c1-14(2)8-13(15(3,4)19-14)18-11-6-5-10(9-17)12(16)7-11/h5-7,13H,8H2,1-4H3. The summed E-state index contributed by atoms with van der Waals surface area (Å²) in [4.78, 5) is 0. The van der Waals surface area contributed by atoms with Gasteiger partial charge in [0.2, 0.25) is 0 Å². The van der Waals surface area contributed by atoms with Gasteiger partial charge in [-0.15, -0.1) is 0 Å². The Hall–Kier alpha value is -1.24. The van der Waals surface area contributed by atoms with Crippen molar-refractivity contribution in [3.05, 3.63) is 28.8 Å². The fourth-order valence-electron chi connectivity index (χ4n) is 2.52. The lowest BCUT2D eigenvalue weighted by Crippen LogP contribution is -2.36. The molecule has 0 N–H and O–H groups in total. The maximum Gasteiger partial charge on any atom is 0.130 e. The van der Waals surface area contributed by atoms with Gasteiger partial charge >= 0.3 is 0 Å². The summed E-state index contributed by atoms with van der Waals surface area (Å²) in [5.41, 5.74) is -0.0784. The Kier molecular flexibility index (Phi) is 3.51. The molecule has 0 aliphatic carbocycles. The molecule has 1 aromatic rings. The number of hydrogen-bond acceptors (Lipinski definition) is 3. The minimum absolute atomic E-state index is 0.0356. The number of halogens is 1. The van der Waals surface area contributed by atoms with Gasteiger partial charge in [-0.2, -0.15) is 5.26 Å². The van der Waals surface area contributed by atoms with Crippen molar-refractivity contribution in [2.75, 3.05) is 0 Å². The molecule has 1 aromatic carbocycles. The van der Waals surface area contributed by atoms with Gasteiger partial charge in [-0.1, -0.05) is 11.6 Å². The smallest absolute Gasteiger partial charge is 0.130 e. The SMILES string of the molecule is CC1(C)CC(Oc2ccc(C#N)c(Cl)c2)C(C)(C)O1. The fourth-order valence-corrected chi connectivity index (χ4v) is 2.73. The Morgan fingerprint density at radius 3 is 2.53 bits per heavy atom. The van der Waals surface area contributed by atoms with Gasteiger partial charge in [0, 0.05) is 12.5 Å². The van der Waals surface area contributed by atoms with Gasteiger partial charge in [-0.3, -0.25) is 0 Å². The third-order valence-corrected chi connectivity index (χ3v) is 3.64. The van der Waals surface area contributed by atoms with Gasteiger partial charge < -0.3 is 9.47 Å². The molecule has 0 saturated carbocycles. The van der Waals surface area contributed by atoms with Crippen molar-refractivity contribution >= 4 is 11.6 Å². The zero-order valence-electron chi connectivity index (χ0n) is 11.7. The van der Waals surface area contributed by atoms with Gasteiger partial charge in [-0.25, -0.2) is 0 Å². The van der Waals surface area contributed by atoms with Crippen molar-refractivity contribution in [2.45, 2.75) is 51.4 Å². The first-order valence-corrected chi connectivity index (χ1v) is 6.68. The summed E-state index contributed by atoms with van der Waals surface area (Å²) in [5, 5.41) is 9.26. The summed E-state index contributed by atoms with van der Waals surface area (Å²) >= 11 is 6.01. The van der Waals surface area contributed by atoms with Crippen LogP contribution < -0.4 is 4.74 Å². The van der Waals surface area contributed by atoms with Crippen LogP contribution in [0.2, 0.25) is 5.02 Å². The number of nitrogens with zero attached hydrogens (tertiary/aromatic N) is 1. The average Bonchev–Trinajstić information content (AvgIpc) is 2.47. The molecule has 2 rings (SSSR count). The predicted molar refractivity (Wildman–Crippen MR) is 74.4 cm³/mol. The molecule has 1 fully saturated rings. The molecule has 1 saturated heterocycles. The van der Waals surface area contributed by atoms with Crippen LogP contribution >= 0.6 is 11.6 Å². The van der Waals surface area contributed by atoms with Crippen LogP contribution in [0.1, 0.15) is 39.7 Å². The van der Waals surface area contributed by atoms with E-state index in [0.717, 1.165) is 6.42 Å². The maximum atomic E-state index is 8.85. The lowest BCUT2D eigenvalue weighted by molar-refractivity contribution is -0.0846. The first-order valence-electron chi connectivity index (χ1n) is 6.30. The van der Waals surface area contributed by atoms with Crippen LogP contribution in [0.5, 0.6) is 5.75 Å². The fraction of sp³-hybridized carbons (Fsp3) is 0.533. The van der Waals surface area contributed by atoms with E-state index in [1.807, 2.05) is 19.9 Å². The van der Waals surface area contributed by atoms with Crippen LogP contribution in [-0.2, 0) is 4.74 Å². The first kappa shape index (κ1) is 14.2. The van der Waals surface area contributed by atoms with E-state index in [0.29, 0.717) is 16.3 Å². The van der Waals surface area contributed by atoms with E-state index in [1.54, 1.807) is 18.2 Å². The molecule has 3 nitrogen and oxygen atoms in total. The molecule has 102 valence electrons. The molecular formula is C15H18ClNO2. The maximum absolute atomic E-state index is 8.85. The van der Waals surface area contributed by atoms with Gasteiger partial charge in [-0.05, 0) is 39.8 Å². The van der Waals surface area contributed by atoms with E-state index in [9.17, 15) is 0 Å². The van der Waals surface area contributed by atoms with Crippen molar-refractivity contribution in [2.24, 2.45) is 0 Å². The zero-order valence-corrected chi connectivity index (χ0v) is 12.4. The van der Waals surface area contributed by atoms with Crippen molar-refractivity contribution < 1.29 is 9.47 Å². The number of ether oxygens (including phenoxy) is 2. The number of benzene rings is 1. The molecule has 0 amide bonds. The number of nitriles is 1. The molecule has 0 radical (unpaired) electrons. The van der Waals surface area contributed by atoms with Crippen LogP contribution in [0.25, 0.3) is 0 Å². The summed E-state index contributed by atoms with van der Waals surface area (Å²) < 4.78 is 12.0. The van der Waals surface area contributed by atoms with E-state index >= 15 is 0 Å². The average molecular weight is 280 g/mol. The van der Waals surface area contributed by atoms with Gasteiger partial charge in [0.15, 0.2) is 0 Å². The lowest BCUT2D eigenvalue weighted by atomic mass is 9.97. The first-order chi connectivity index (χ1) is 8.73. The predicted octanol–water partition coefficient (Wildman–Crippen LogP) is 3.94. The van der Waals surface area contributed by atoms with Crippen LogP contribution in [0.4, 0.5) is 0 Å². The highest BCUT2D eigenvalue weighted by atomic mass is 35.5. The largest absolute Gasteiger partial charge is 0.487 e. The third-order valence-electron chi connectivity index (χ3n) is 3.33. The van der Waals surface area contributed by atoms with Crippen LogP contribution in [0, 0.1) is 11.3 Å². The second-order valence-corrected chi connectivity index (χ2v) is 6.44. The van der Waals surface area contributed by atoms with Crippen LogP contribution in [0.15, 0.2) is 18.2 Å². The monoisotopic (exact) mass is 279 g/mol. The van der Waals surface area contributed by atoms with Gasteiger partial charge in [0.1, 0.15) is 23.5 Å². The van der Waals surface area contributed by atoms with Gasteiger partial charge in [0.25, 0.3) is 0 Å². The van der Waals surface area contributed by atoms with Crippen molar-refractivity contribution in [1.82, 2.24) is 0 Å². The summed E-state index contributed by atoms with van der Waals surface area (Å²) in [6.07, 6.45) is 0.781. The Bertz CT molecular complexity index is 531. The van der Waals surface area contributed by atoms with E-state index < -0.39 is 0 Å². The van der Waals surface area contributed by atoms with E-state index in [4.69, 9.17) is 26.3 Å². The van der Waals surface area contributed by atoms with E-state index in [-0.39, 0.29) is 17.3 Å². The normalized spacial score (nSPS) is 23.9. The van der Waals surface area contributed by atoms with Crippen molar-refractivity contribution in [1.29, 1.82) is 5.26 Å². The highest BCUT2D eigenvalue weighted by Gasteiger charge is 2.47. The molecule has 4 heteroatoms. The minimum atomic E-state index is -0.343. The quantitative estimate of drug-likeness (QED) is 0.823. The molecule has 1 atom stereocenters.